The van der Waals surface area contributed by atoms with Crippen molar-refractivity contribution in [3.8, 4) is 11.5 Å². The van der Waals surface area contributed by atoms with Gasteiger partial charge in [0.25, 0.3) is 0 Å². The van der Waals surface area contributed by atoms with Crippen LogP contribution in [-0.4, -0.2) is 65.0 Å². The third kappa shape index (κ3) is 8.52. The molecule has 1 amide bonds. The Morgan fingerprint density at radius 3 is 2.54 bits per heavy atom. The van der Waals surface area contributed by atoms with Gasteiger partial charge in [-0.1, -0.05) is 38.8 Å². The average Bonchev–Trinajstić information content (AvgIpc) is 3.30. The van der Waals surface area contributed by atoms with E-state index in [0.29, 0.717) is 38.0 Å². The molecule has 3 atom stereocenters. The number of esters is 1. The number of carbonyl (C=O) groups is 2. The number of halogens is 1. The molecule has 0 bridgehead atoms. The number of nitrogens with zero attached hydrogens (tertiary/aromatic N) is 1. The highest BCUT2D eigenvalue weighted by molar-refractivity contribution is 6.33. The lowest BCUT2D eigenvalue weighted by Crippen LogP contribution is -2.29. The molecule has 2 fully saturated rings. The van der Waals surface area contributed by atoms with E-state index in [-0.39, 0.29) is 51.7 Å². The van der Waals surface area contributed by atoms with Gasteiger partial charge in [0.2, 0.25) is 5.91 Å². The Hall–Kier alpha value is -2.07. The Kier molecular flexibility index (Phi) is 10.6. The molecule has 1 aromatic carbocycles. The predicted octanol–water partition coefficient (Wildman–Crippen LogP) is 3.95. The Bertz CT molecular complexity index is 893. The van der Waals surface area contributed by atoms with Gasteiger partial charge in [0.1, 0.15) is 23.2 Å². The summed E-state index contributed by atoms with van der Waals surface area (Å²) < 4.78 is 10.8. The first-order valence-electron chi connectivity index (χ1n) is 12.1. The third-order valence-electron chi connectivity index (χ3n) is 6.50. The second-order valence-corrected chi connectivity index (χ2v) is 10.3. The minimum absolute atomic E-state index is 0.0286. The average molecular weight is 515 g/mol. The molecule has 9 nitrogen and oxygen atoms in total. The number of ether oxygens (including phenoxy) is 2. The Morgan fingerprint density at radius 1 is 1.37 bits per heavy atom. The third-order valence-corrected chi connectivity index (χ3v) is 6.92. The SMILES string of the molecule is CCC(C)(C)Cc1c(Cl)c(O)cc(O)c1C(=O)O[C@H](C)CC1OC1C.NOCCN1CCCC1=O. The number of epoxide rings is 1. The van der Waals surface area contributed by atoms with Crippen LogP contribution < -0.4 is 5.90 Å². The first-order chi connectivity index (χ1) is 16.4. The number of nitrogens with two attached hydrogens (primary N) is 1. The van der Waals surface area contributed by atoms with Gasteiger partial charge in [-0.2, -0.15) is 0 Å². The minimum Gasteiger partial charge on any atom is -0.507 e. The standard InChI is InChI=1S/C19H27ClO5.C6H12N2O2/c1-6-19(4,5)9-12-16(13(21)8-14(22)17(12)20)18(23)24-10(2)7-15-11(3)25-15;7-10-5-4-8-3-1-2-6(8)9/h8,10-11,15,21-22H,6-7,9H2,1-5H3;1-5,7H2/t10-,11?,15?;/m1./s1. The van der Waals surface area contributed by atoms with E-state index in [1.54, 1.807) is 11.8 Å². The number of carbonyl (C=O) groups excluding carboxylic acids is 2. The number of benzene rings is 1. The Labute approximate surface area is 212 Å². The van der Waals surface area contributed by atoms with E-state index in [1.165, 1.54) is 0 Å². The molecule has 0 aromatic heterocycles. The molecule has 0 aliphatic carbocycles. The van der Waals surface area contributed by atoms with Crippen LogP contribution in [0.5, 0.6) is 11.5 Å². The maximum atomic E-state index is 12.7. The fourth-order valence-electron chi connectivity index (χ4n) is 3.88. The van der Waals surface area contributed by atoms with E-state index < -0.39 is 5.97 Å². The van der Waals surface area contributed by atoms with Crippen LogP contribution in [0, 0.1) is 5.41 Å². The van der Waals surface area contributed by atoms with Crippen molar-refractivity contribution in [2.75, 3.05) is 19.7 Å². The number of amides is 1. The van der Waals surface area contributed by atoms with Gasteiger partial charge in [0.15, 0.2) is 0 Å². The van der Waals surface area contributed by atoms with Gasteiger partial charge in [-0.25, -0.2) is 10.7 Å². The Morgan fingerprint density at radius 2 is 2.03 bits per heavy atom. The van der Waals surface area contributed by atoms with Gasteiger partial charge in [-0.3, -0.25) is 4.79 Å². The predicted molar refractivity (Wildman–Crippen MR) is 132 cm³/mol. The second-order valence-electron chi connectivity index (χ2n) is 9.96. The quantitative estimate of drug-likeness (QED) is 0.242. The zero-order chi connectivity index (χ0) is 26.3. The summed E-state index contributed by atoms with van der Waals surface area (Å²) in [5, 5.41) is 20.3. The highest BCUT2D eigenvalue weighted by Gasteiger charge is 2.36. The number of likely N-dealkylation sites (tertiary alicyclic amines) is 1. The van der Waals surface area contributed by atoms with Gasteiger partial charge in [0.05, 0.1) is 23.8 Å². The lowest BCUT2D eigenvalue weighted by Gasteiger charge is -2.25. The summed E-state index contributed by atoms with van der Waals surface area (Å²) in [6, 6.07) is 1.08. The Balaban J connectivity index is 0.000000360. The molecule has 2 unspecified atom stereocenters. The van der Waals surface area contributed by atoms with Crippen molar-refractivity contribution in [1.29, 1.82) is 0 Å². The number of phenols is 2. The largest absolute Gasteiger partial charge is 0.507 e. The summed E-state index contributed by atoms with van der Waals surface area (Å²) >= 11 is 6.24. The van der Waals surface area contributed by atoms with Gasteiger partial charge in [-0.15, -0.1) is 0 Å². The van der Waals surface area contributed by atoms with Crippen molar-refractivity contribution in [3.05, 3.63) is 22.2 Å². The smallest absolute Gasteiger partial charge is 0.342 e. The van der Waals surface area contributed by atoms with Crippen molar-refractivity contribution in [2.24, 2.45) is 11.3 Å². The molecular weight excluding hydrogens is 476 g/mol. The van der Waals surface area contributed by atoms with Crippen LogP contribution in [0.4, 0.5) is 0 Å². The molecule has 35 heavy (non-hydrogen) atoms. The van der Waals surface area contributed by atoms with Crippen molar-refractivity contribution in [2.45, 2.75) is 85.0 Å². The van der Waals surface area contributed by atoms with Crippen LogP contribution in [0.2, 0.25) is 5.02 Å². The summed E-state index contributed by atoms with van der Waals surface area (Å²) in [5.74, 6) is 3.83. The molecule has 4 N–H and O–H groups in total. The van der Waals surface area contributed by atoms with E-state index in [0.717, 1.165) is 25.5 Å². The van der Waals surface area contributed by atoms with Crippen LogP contribution in [-0.2, 0) is 25.5 Å². The maximum Gasteiger partial charge on any atom is 0.342 e. The van der Waals surface area contributed by atoms with Gasteiger partial charge in [0, 0.05) is 32.0 Å². The topological polar surface area (TPSA) is 135 Å². The number of phenolic OH excluding ortho intramolecular Hbond substituents is 2. The fourth-order valence-corrected chi connectivity index (χ4v) is 4.09. The number of rotatable bonds is 10. The number of aromatic hydroxyl groups is 2. The number of hydrogen-bond acceptors (Lipinski definition) is 8. The summed E-state index contributed by atoms with van der Waals surface area (Å²) in [5.41, 5.74) is 0.294. The van der Waals surface area contributed by atoms with Gasteiger partial charge >= 0.3 is 5.97 Å². The van der Waals surface area contributed by atoms with Crippen molar-refractivity contribution in [1.82, 2.24) is 4.90 Å². The van der Waals surface area contributed by atoms with Gasteiger partial charge < -0.3 is 29.4 Å². The van der Waals surface area contributed by atoms with Crippen LogP contribution >= 0.6 is 11.6 Å². The van der Waals surface area contributed by atoms with Crippen molar-refractivity contribution >= 4 is 23.5 Å². The van der Waals surface area contributed by atoms with E-state index in [4.69, 9.17) is 27.0 Å². The summed E-state index contributed by atoms with van der Waals surface area (Å²) in [4.78, 5) is 29.7. The zero-order valence-corrected chi connectivity index (χ0v) is 22.1. The normalized spacial score (nSPS) is 20.3. The lowest BCUT2D eigenvalue weighted by molar-refractivity contribution is -0.128. The van der Waals surface area contributed by atoms with Crippen molar-refractivity contribution in [3.63, 3.8) is 0 Å². The molecule has 2 aliphatic rings. The molecule has 1 aromatic rings. The summed E-state index contributed by atoms with van der Waals surface area (Å²) in [6.45, 7) is 11.8. The van der Waals surface area contributed by atoms with Crippen molar-refractivity contribution < 1.29 is 34.1 Å². The van der Waals surface area contributed by atoms with E-state index >= 15 is 0 Å². The number of hydrogen-bond donors (Lipinski definition) is 3. The molecule has 10 heteroatoms. The molecule has 2 heterocycles. The summed E-state index contributed by atoms with van der Waals surface area (Å²) in [7, 11) is 0. The summed E-state index contributed by atoms with van der Waals surface area (Å²) in [6.07, 6.45) is 3.51. The molecule has 3 rings (SSSR count). The molecular formula is C25H39ClN2O7. The monoisotopic (exact) mass is 514 g/mol. The first-order valence-corrected chi connectivity index (χ1v) is 12.5. The van der Waals surface area contributed by atoms with E-state index in [1.807, 2.05) is 27.7 Å². The minimum atomic E-state index is -0.637. The van der Waals surface area contributed by atoms with Crippen LogP contribution in [0.1, 0.15) is 76.2 Å². The van der Waals surface area contributed by atoms with Gasteiger partial charge in [-0.05, 0) is 37.7 Å². The zero-order valence-electron chi connectivity index (χ0n) is 21.3. The fraction of sp³-hybridized carbons (Fsp3) is 0.680. The second kappa shape index (κ2) is 12.8. The first kappa shape index (κ1) is 29.2. The highest BCUT2D eigenvalue weighted by atomic mass is 35.5. The maximum absolute atomic E-state index is 12.7. The molecule has 2 saturated heterocycles. The molecule has 0 saturated carbocycles. The van der Waals surface area contributed by atoms with Crippen LogP contribution in [0.15, 0.2) is 6.07 Å². The van der Waals surface area contributed by atoms with Crippen LogP contribution in [0.25, 0.3) is 0 Å². The molecule has 198 valence electrons. The van der Waals surface area contributed by atoms with E-state index in [2.05, 4.69) is 4.84 Å². The molecule has 0 spiro atoms. The molecule has 0 radical (unpaired) electrons. The van der Waals surface area contributed by atoms with E-state index in [9.17, 15) is 19.8 Å². The highest BCUT2D eigenvalue weighted by Crippen LogP contribution is 2.40. The molecule has 2 aliphatic heterocycles. The van der Waals surface area contributed by atoms with Crippen LogP contribution in [0.3, 0.4) is 0 Å². The lowest BCUT2D eigenvalue weighted by atomic mass is 9.81.